The Morgan fingerprint density at radius 3 is 2.29 bits per heavy atom. The number of rotatable bonds is 6. The lowest BCUT2D eigenvalue weighted by atomic mass is 10.2. The van der Waals surface area contributed by atoms with E-state index in [2.05, 4.69) is 0 Å². The highest BCUT2D eigenvalue weighted by Gasteiger charge is 2.16. The molecule has 0 aromatic heterocycles. The van der Waals surface area contributed by atoms with E-state index in [0.717, 1.165) is 0 Å². The summed E-state index contributed by atoms with van der Waals surface area (Å²) >= 11 is 0. The second-order valence-corrected chi connectivity index (χ2v) is 5.82. The second-order valence-electron chi connectivity index (χ2n) is 4.21. The number of methoxy groups -OCH3 is 2. The van der Waals surface area contributed by atoms with Crippen molar-refractivity contribution in [2.45, 2.75) is 11.5 Å². The quantitative estimate of drug-likeness (QED) is 0.768. The molecule has 0 aliphatic carbocycles. The Bertz CT molecular complexity index is 695. The molecule has 0 saturated carbocycles. The van der Waals surface area contributed by atoms with Crippen LogP contribution in [0, 0.1) is 0 Å². The van der Waals surface area contributed by atoms with Crippen LogP contribution in [0.5, 0.6) is 11.5 Å². The van der Waals surface area contributed by atoms with E-state index in [9.17, 15) is 8.42 Å². The summed E-state index contributed by atoms with van der Waals surface area (Å²) in [5, 5.41) is 0. The fourth-order valence-corrected chi connectivity index (χ4v) is 2.70. The van der Waals surface area contributed by atoms with Gasteiger partial charge in [0, 0.05) is 5.56 Å². The third-order valence-corrected chi connectivity index (χ3v) is 4.17. The molecule has 21 heavy (non-hydrogen) atoms. The van der Waals surface area contributed by atoms with Crippen LogP contribution < -0.4 is 9.47 Å². The average molecular weight is 308 g/mol. The molecule has 2 rings (SSSR count). The summed E-state index contributed by atoms with van der Waals surface area (Å²) in [7, 11) is -0.754. The summed E-state index contributed by atoms with van der Waals surface area (Å²) < 4.78 is 39.5. The maximum atomic E-state index is 12.1. The van der Waals surface area contributed by atoms with Crippen molar-refractivity contribution in [1.82, 2.24) is 0 Å². The van der Waals surface area contributed by atoms with E-state index in [-0.39, 0.29) is 11.5 Å². The molecule has 0 amide bonds. The van der Waals surface area contributed by atoms with E-state index in [1.165, 1.54) is 26.4 Å². The predicted molar refractivity (Wildman–Crippen MR) is 78.0 cm³/mol. The molecule has 0 unspecified atom stereocenters. The molecule has 0 spiro atoms. The van der Waals surface area contributed by atoms with Crippen molar-refractivity contribution in [2.75, 3.05) is 14.2 Å². The van der Waals surface area contributed by atoms with Crippen LogP contribution in [0.1, 0.15) is 5.56 Å². The van der Waals surface area contributed by atoms with Crippen molar-refractivity contribution in [1.29, 1.82) is 0 Å². The molecule has 0 radical (unpaired) electrons. The van der Waals surface area contributed by atoms with Gasteiger partial charge in [-0.15, -0.1) is 0 Å². The molecular formula is C15H16O5S. The molecule has 6 heteroatoms. The van der Waals surface area contributed by atoms with E-state index < -0.39 is 10.1 Å². The number of hydrogen-bond acceptors (Lipinski definition) is 5. The van der Waals surface area contributed by atoms with Crippen molar-refractivity contribution >= 4 is 10.1 Å². The largest absolute Gasteiger partial charge is 0.497 e. The van der Waals surface area contributed by atoms with Gasteiger partial charge in [0.05, 0.1) is 25.7 Å². The lowest BCUT2D eigenvalue weighted by Gasteiger charge is -2.11. The number of hydrogen-bond donors (Lipinski definition) is 0. The van der Waals surface area contributed by atoms with E-state index in [1.54, 1.807) is 36.4 Å². The zero-order valence-corrected chi connectivity index (χ0v) is 12.6. The first-order valence-corrected chi connectivity index (χ1v) is 7.63. The van der Waals surface area contributed by atoms with Crippen molar-refractivity contribution in [3.8, 4) is 11.5 Å². The van der Waals surface area contributed by atoms with Crippen molar-refractivity contribution in [3.05, 3.63) is 54.1 Å². The summed E-state index contributed by atoms with van der Waals surface area (Å²) in [6.07, 6.45) is 0. The first-order valence-electron chi connectivity index (χ1n) is 6.22. The van der Waals surface area contributed by atoms with Crippen molar-refractivity contribution in [3.63, 3.8) is 0 Å². The van der Waals surface area contributed by atoms with Crippen LogP contribution in [0.4, 0.5) is 0 Å². The zero-order chi connectivity index (χ0) is 15.3. The number of benzene rings is 2. The molecule has 0 aliphatic rings. The smallest absolute Gasteiger partial charge is 0.297 e. The van der Waals surface area contributed by atoms with Crippen LogP contribution in [-0.4, -0.2) is 22.6 Å². The molecule has 0 fully saturated rings. The Labute approximate surface area is 124 Å². The Morgan fingerprint density at radius 1 is 0.952 bits per heavy atom. The Hall–Kier alpha value is -2.05. The van der Waals surface area contributed by atoms with E-state index in [1.807, 2.05) is 0 Å². The molecule has 0 heterocycles. The third-order valence-electron chi connectivity index (χ3n) is 2.89. The minimum Gasteiger partial charge on any atom is -0.497 e. The van der Waals surface area contributed by atoms with E-state index >= 15 is 0 Å². The van der Waals surface area contributed by atoms with Gasteiger partial charge >= 0.3 is 0 Å². The molecule has 0 saturated heterocycles. The van der Waals surface area contributed by atoms with Crippen LogP contribution in [0.15, 0.2) is 53.4 Å². The molecule has 2 aromatic carbocycles. The van der Waals surface area contributed by atoms with Gasteiger partial charge < -0.3 is 9.47 Å². The molecule has 0 aliphatic heterocycles. The maximum Gasteiger partial charge on any atom is 0.297 e. The lowest BCUT2D eigenvalue weighted by Crippen LogP contribution is -2.07. The van der Waals surface area contributed by atoms with Gasteiger partial charge in [-0.1, -0.05) is 18.2 Å². The third kappa shape index (κ3) is 3.74. The Morgan fingerprint density at radius 2 is 1.67 bits per heavy atom. The molecule has 112 valence electrons. The van der Waals surface area contributed by atoms with Gasteiger partial charge in [-0.3, -0.25) is 4.18 Å². The van der Waals surface area contributed by atoms with Gasteiger partial charge in [-0.05, 0) is 30.3 Å². The molecule has 0 N–H and O–H groups in total. The topological polar surface area (TPSA) is 61.8 Å². The first-order chi connectivity index (χ1) is 10.1. The molecule has 0 bridgehead atoms. The maximum absolute atomic E-state index is 12.1. The minimum atomic E-state index is -3.80. The van der Waals surface area contributed by atoms with Crippen molar-refractivity contribution in [2.24, 2.45) is 0 Å². The van der Waals surface area contributed by atoms with Crippen LogP contribution in [0.25, 0.3) is 0 Å². The highest BCUT2D eigenvalue weighted by Crippen LogP contribution is 2.26. The fraction of sp³-hybridized carbons (Fsp3) is 0.200. The molecule has 5 nitrogen and oxygen atoms in total. The Kier molecular flexibility index (Phi) is 4.82. The minimum absolute atomic E-state index is 0.117. The first kappa shape index (κ1) is 15.3. The number of ether oxygens (including phenoxy) is 2. The van der Waals surface area contributed by atoms with Gasteiger partial charge in [0.15, 0.2) is 0 Å². The van der Waals surface area contributed by atoms with E-state index in [4.69, 9.17) is 13.7 Å². The summed E-state index contributed by atoms with van der Waals surface area (Å²) in [6.45, 7) is -0.127. The Balaban J connectivity index is 2.20. The summed E-state index contributed by atoms with van der Waals surface area (Å²) in [5.41, 5.74) is 0.594. The summed E-state index contributed by atoms with van der Waals surface area (Å²) in [5.74, 6) is 1.14. The second kappa shape index (κ2) is 6.60. The van der Waals surface area contributed by atoms with Crippen LogP contribution in [-0.2, 0) is 20.9 Å². The van der Waals surface area contributed by atoms with Gasteiger partial charge in [0.1, 0.15) is 11.5 Å². The van der Waals surface area contributed by atoms with Gasteiger partial charge in [-0.2, -0.15) is 8.42 Å². The molecule has 0 atom stereocenters. The van der Waals surface area contributed by atoms with Crippen LogP contribution in [0.3, 0.4) is 0 Å². The molecular weight excluding hydrogens is 292 g/mol. The highest BCUT2D eigenvalue weighted by molar-refractivity contribution is 7.86. The standard InChI is InChI=1S/C15H16O5S/c1-18-13-8-9-15(19-2)12(10-13)11-20-21(16,17)14-6-4-3-5-7-14/h3-10H,11H2,1-2H3. The average Bonchev–Trinajstić information content (AvgIpc) is 2.53. The van der Waals surface area contributed by atoms with Gasteiger partial charge in [0.2, 0.25) is 0 Å². The SMILES string of the molecule is COc1ccc(OC)c(COS(=O)(=O)c2ccccc2)c1. The summed E-state index contributed by atoms with van der Waals surface area (Å²) in [6, 6.07) is 13.1. The van der Waals surface area contributed by atoms with E-state index in [0.29, 0.717) is 17.1 Å². The summed E-state index contributed by atoms with van der Waals surface area (Å²) in [4.78, 5) is 0.117. The van der Waals surface area contributed by atoms with Gasteiger partial charge in [0.25, 0.3) is 10.1 Å². The normalized spacial score (nSPS) is 11.1. The van der Waals surface area contributed by atoms with Crippen molar-refractivity contribution < 1.29 is 22.1 Å². The van der Waals surface area contributed by atoms with Gasteiger partial charge in [-0.25, -0.2) is 0 Å². The molecule has 2 aromatic rings. The van der Waals surface area contributed by atoms with Crippen LogP contribution >= 0.6 is 0 Å². The highest BCUT2D eigenvalue weighted by atomic mass is 32.2. The zero-order valence-electron chi connectivity index (χ0n) is 11.8. The fourth-order valence-electron chi connectivity index (χ4n) is 1.79. The monoisotopic (exact) mass is 308 g/mol. The van der Waals surface area contributed by atoms with Crippen LogP contribution in [0.2, 0.25) is 0 Å². The predicted octanol–water partition coefficient (Wildman–Crippen LogP) is 2.61. The lowest BCUT2D eigenvalue weighted by molar-refractivity contribution is 0.298.